The molecule has 2 unspecified atom stereocenters. The Balaban J connectivity index is 1.64. The topological polar surface area (TPSA) is 78.1 Å². The van der Waals surface area contributed by atoms with E-state index in [1.807, 2.05) is 13.8 Å². The SMILES string of the molecule is CC(C)C1Oc2cc3c(cc2O1)C(c1cc2c(F)c(F)c1OCO2)NC(=O)N3. The molecule has 2 aromatic rings. The largest absolute Gasteiger partial charge is 0.454 e. The van der Waals surface area contributed by atoms with Crippen LogP contribution in [0.15, 0.2) is 18.2 Å². The number of carbonyl (C=O) groups excluding carboxylic acids is 1. The average molecular weight is 390 g/mol. The summed E-state index contributed by atoms with van der Waals surface area (Å²) in [5, 5.41) is 5.42. The standard InChI is InChI=1S/C19H16F2N2O5/c1-7(2)18-27-11-3-8-10(5-12(11)28-18)22-19(24)23-16(8)9-4-13-14(20)15(21)17(9)26-6-25-13/h3-5,7,16,18H,6H2,1-2H3,(H2,22,23,24). The maximum absolute atomic E-state index is 14.4. The third-order valence-corrected chi connectivity index (χ3v) is 4.87. The number of amides is 2. The number of carbonyl (C=O) groups is 1. The zero-order valence-corrected chi connectivity index (χ0v) is 15.0. The van der Waals surface area contributed by atoms with Crippen LogP contribution in [-0.4, -0.2) is 19.1 Å². The summed E-state index contributed by atoms with van der Waals surface area (Å²) in [6, 6.07) is 3.43. The van der Waals surface area contributed by atoms with Crippen LogP contribution in [0.25, 0.3) is 0 Å². The van der Waals surface area contributed by atoms with Crippen molar-refractivity contribution in [2.75, 3.05) is 12.1 Å². The Bertz CT molecular complexity index is 1010. The molecule has 2 N–H and O–H groups in total. The van der Waals surface area contributed by atoms with Crippen molar-refractivity contribution in [3.05, 3.63) is 41.0 Å². The summed E-state index contributed by atoms with van der Waals surface area (Å²) < 4.78 is 50.3. The molecule has 2 amide bonds. The number of rotatable bonds is 2. The lowest BCUT2D eigenvalue weighted by Gasteiger charge is -2.28. The van der Waals surface area contributed by atoms with Crippen molar-refractivity contribution in [1.82, 2.24) is 5.32 Å². The number of hydrogen-bond acceptors (Lipinski definition) is 5. The molecule has 9 heteroatoms. The Kier molecular flexibility index (Phi) is 3.55. The van der Waals surface area contributed by atoms with Gasteiger partial charge in [-0.05, 0) is 12.1 Å². The van der Waals surface area contributed by atoms with Crippen molar-refractivity contribution in [2.24, 2.45) is 5.92 Å². The lowest BCUT2D eigenvalue weighted by molar-refractivity contribution is 0.00910. The first-order valence-electron chi connectivity index (χ1n) is 8.78. The van der Waals surface area contributed by atoms with Crippen molar-refractivity contribution < 1.29 is 32.5 Å². The molecule has 0 fully saturated rings. The quantitative estimate of drug-likeness (QED) is 0.818. The smallest absolute Gasteiger partial charge is 0.320 e. The fourth-order valence-electron chi connectivity index (χ4n) is 3.49. The van der Waals surface area contributed by atoms with Crippen LogP contribution < -0.4 is 29.6 Å². The lowest BCUT2D eigenvalue weighted by Crippen LogP contribution is -2.38. The van der Waals surface area contributed by atoms with E-state index in [2.05, 4.69) is 10.6 Å². The monoisotopic (exact) mass is 390 g/mol. The van der Waals surface area contributed by atoms with Crippen LogP contribution in [0.4, 0.5) is 19.3 Å². The van der Waals surface area contributed by atoms with Gasteiger partial charge in [-0.3, -0.25) is 0 Å². The number of urea groups is 1. The van der Waals surface area contributed by atoms with E-state index in [1.54, 1.807) is 12.1 Å². The van der Waals surface area contributed by atoms with Crippen LogP contribution >= 0.6 is 0 Å². The molecule has 2 bridgehead atoms. The summed E-state index contributed by atoms with van der Waals surface area (Å²) in [7, 11) is 0. The van der Waals surface area contributed by atoms with Gasteiger partial charge in [0, 0.05) is 23.1 Å². The first kappa shape index (κ1) is 16.9. The van der Waals surface area contributed by atoms with E-state index in [9.17, 15) is 13.6 Å². The van der Waals surface area contributed by atoms with E-state index in [0.29, 0.717) is 22.7 Å². The highest BCUT2D eigenvalue weighted by Gasteiger charge is 2.36. The van der Waals surface area contributed by atoms with Crippen molar-refractivity contribution >= 4 is 11.7 Å². The molecule has 28 heavy (non-hydrogen) atoms. The fraction of sp³-hybridized carbons (Fsp3) is 0.316. The molecule has 0 aliphatic carbocycles. The van der Waals surface area contributed by atoms with Crippen molar-refractivity contribution in [2.45, 2.75) is 26.2 Å². The summed E-state index contributed by atoms with van der Waals surface area (Å²) in [6.45, 7) is 3.60. The number of hydrogen-bond donors (Lipinski definition) is 2. The van der Waals surface area contributed by atoms with Gasteiger partial charge in [-0.15, -0.1) is 0 Å². The Labute approximate surface area is 158 Å². The van der Waals surface area contributed by atoms with E-state index in [4.69, 9.17) is 18.9 Å². The number of benzene rings is 2. The maximum Gasteiger partial charge on any atom is 0.320 e. The average Bonchev–Trinajstić information content (AvgIpc) is 2.88. The summed E-state index contributed by atoms with van der Waals surface area (Å²) in [4.78, 5) is 12.2. The van der Waals surface area contributed by atoms with Crippen molar-refractivity contribution in [3.8, 4) is 23.0 Å². The van der Waals surface area contributed by atoms with Crippen LogP contribution in [0.1, 0.15) is 31.0 Å². The van der Waals surface area contributed by atoms with Gasteiger partial charge in [0.25, 0.3) is 0 Å². The third-order valence-electron chi connectivity index (χ3n) is 4.87. The number of halogens is 2. The van der Waals surface area contributed by atoms with Gasteiger partial charge in [0.05, 0.1) is 11.7 Å². The highest BCUT2D eigenvalue weighted by Crippen LogP contribution is 2.47. The molecular weight excluding hydrogens is 374 g/mol. The van der Waals surface area contributed by atoms with Crippen LogP contribution in [0.3, 0.4) is 0 Å². The summed E-state index contributed by atoms with van der Waals surface area (Å²) >= 11 is 0. The van der Waals surface area contributed by atoms with Gasteiger partial charge >= 0.3 is 6.03 Å². The van der Waals surface area contributed by atoms with Gasteiger partial charge in [0.15, 0.2) is 23.0 Å². The van der Waals surface area contributed by atoms with E-state index in [0.717, 1.165) is 0 Å². The third kappa shape index (κ3) is 2.42. The van der Waals surface area contributed by atoms with Gasteiger partial charge in [-0.2, -0.15) is 8.78 Å². The van der Waals surface area contributed by atoms with E-state index < -0.39 is 30.0 Å². The molecular formula is C19H16F2N2O5. The molecule has 0 saturated carbocycles. The molecule has 0 saturated heterocycles. The first-order valence-corrected chi connectivity index (χ1v) is 8.78. The second kappa shape index (κ2) is 5.88. The molecule has 6 rings (SSSR count). The maximum atomic E-state index is 14.4. The Morgan fingerprint density at radius 2 is 1.71 bits per heavy atom. The zero-order valence-electron chi connectivity index (χ0n) is 15.0. The van der Waals surface area contributed by atoms with Gasteiger partial charge in [0.1, 0.15) is 0 Å². The van der Waals surface area contributed by atoms with Crippen LogP contribution in [-0.2, 0) is 0 Å². The van der Waals surface area contributed by atoms with E-state index in [-0.39, 0.29) is 29.8 Å². The molecule has 2 aromatic carbocycles. The Hall–Kier alpha value is -3.23. The minimum atomic E-state index is -1.15. The highest BCUT2D eigenvalue weighted by atomic mass is 19.2. The molecule has 146 valence electrons. The summed E-state index contributed by atoms with van der Waals surface area (Å²) in [6.07, 6.45) is -0.440. The summed E-state index contributed by atoms with van der Waals surface area (Å²) in [5.74, 6) is -1.71. The molecule has 4 heterocycles. The molecule has 0 radical (unpaired) electrons. The van der Waals surface area contributed by atoms with Crippen LogP contribution in [0.2, 0.25) is 0 Å². The molecule has 7 nitrogen and oxygen atoms in total. The van der Waals surface area contributed by atoms with Gasteiger partial charge in [-0.1, -0.05) is 13.8 Å². The Morgan fingerprint density at radius 1 is 1.00 bits per heavy atom. The predicted molar refractivity (Wildman–Crippen MR) is 92.8 cm³/mol. The molecule has 4 aliphatic rings. The molecule has 0 spiro atoms. The zero-order chi connectivity index (χ0) is 19.6. The Morgan fingerprint density at radius 3 is 2.46 bits per heavy atom. The molecule has 2 atom stereocenters. The highest BCUT2D eigenvalue weighted by molar-refractivity contribution is 5.94. The molecule has 4 aliphatic heterocycles. The first-order chi connectivity index (χ1) is 13.4. The normalized spacial score (nSPS) is 21.4. The number of ether oxygens (including phenoxy) is 4. The fourth-order valence-corrected chi connectivity index (χ4v) is 3.49. The predicted octanol–water partition coefficient (Wildman–Crippen LogP) is 3.67. The minimum absolute atomic E-state index is 0.118. The summed E-state index contributed by atoms with van der Waals surface area (Å²) in [5.41, 5.74) is 1.34. The second-order valence-corrected chi connectivity index (χ2v) is 7.09. The number of nitrogens with one attached hydrogen (secondary N) is 2. The minimum Gasteiger partial charge on any atom is -0.454 e. The van der Waals surface area contributed by atoms with Gasteiger partial charge in [0.2, 0.25) is 24.7 Å². The van der Waals surface area contributed by atoms with E-state index in [1.165, 1.54) is 6.07 Å². The van der Waals surface area contributed by atoms with Crippen molar-refractivity contribution in [1.29, 1.82) is 0 Å². The number of fused-ring (bicyclic) bond motifs is 6. The van der Waals surface area contributed by atoms with E-state index >= 15 is 0 Å². The van der Waals surface area contributed by atoms with Gasteiger partial charge in [-0.25, -0.2) is 4.79 Å². The second-order valence-electron chi connectivity index (χ2n) is 7.09. The molecule has 0 aromatic heterocycles. The van der Waals surface area contributed by atoms with Crippen molar-refractivity contribution in [3.63, 3.8) is 0 Å². The lowest BCUT2D eigenvalue weighted by atomic mass is 9.94. The van der Waals surface area contributed by atoms with Gasteiger partial charge < -0.3 is 29.6 Å². The number of anilines is 1. The van der Waals surface area contributed by atoms with Crippen LogP contribution in [0, 0.1) is 17.6 Å². The van der Waals surface area contributed by atoms with Crippen LogP contribution in [0.5, 0.6) is 23.0 Å².